The first-order valence-electron chi connectivity index (χ1n) is 5.76. The van der Waals surface area contributed by atoms with Gasteiger partial charge in [0.15, 0.2) is 0 Å². The Bertz CT molecular complexity index is 635. The predicted molar refractivity (Wildman–Crippen MR) is 71.4 cm³/mol. The third-order valence-corrected chi connectivity index (χ3v) is 4.20. The zero-order chi connectivity index (χ0) is 12.9. The largest absolute Gasteiger partial charge is 0.481 e. The summed E-state index contributed by atoms with van der Waals surface area (Å²) in [6.45, 7) is 0. The minimum absolute atomic E-state index is 0.00883. The third-order valence-electron chi connectivity index (χ3n) is 3.66. The number of carboxylic acids is 1. The van der Waals surface area contributed by atoms with Crippen LogP contribution in [0.5, 0.6) is 0 Å². The van der Waals surface area contributed by atoms with Crippen LogP contribution < -0.4 is 0 Å². The van der Waals surface area contributed by atoms with Crippen LogP contribution in [0.4, 0.5) is 0 Å². The van der Waals surface area contributed by atoms with Crippen LogP contribution in [0.3, 0.4) is 0 Å². The minimum Gasteiger partial charge on any atom is -0.481 e. The maximum Gasteiger partial charge on any atom is 0.308 e. The van der Waals surface area contributed by atoms with Crippen molar-refractivity contribution in [3.8, 4) is 0 Å². The van der Waals surface area contributed by atoms with Crippen molar-refractivity contribution < 1.29 is 9.90 Å². The van der Waals surface area contributed by atoms with Gasteiger partial charge in [0.05, 0.1) is 16.5 Å². The van der Waals surface area contributed by atoms with Gasteiger partial charge in [-0.25, -0.2) is 0 Å². The number of aromatic nitrogens is 1. The highest BCUT2D eigenvalue weighted by Crippen LogP contribution is 2.42. The summed E-state index contributed by atoms with van der Waals surface area (Å²) >= 11 is 12.1. The lowest BCUT2D eigenvalue weighted by atomic mass is 9.79. The average Bonchev–Trinajstić information content (AvgIpc) is 2.59. The van der Waals surface area contributed by atoms with E-state index >= 15 is 0 Å². The molecule has 0 bridgehead atoms. The van der Waals surface area contributed by atoms with E-state index in [4.69, 9.17) is 28.3 Å². The lowest BCUT2D eigenvalue weighted by Crippen LogP contribution is -2.34. The van der Waals surface area contributed by atoms with Gasteiger partial charge in [0, 0.05) is 22.6 Å². The van der Waals surface area contributed by atoms with Crippen molar-refractivity contribution in [2.75, 3.05) is 0 Å². The fourth-order valence-electron chi connectivity index (χ4n) is 2.58. The highest BCUT2D eigenvalue weighted by atomic mass is 35.5. The second-order valence-electron chi connectivity index (χ2n) is 4.63. The first kappa shape index (κ1) is 11.9. The normalized spacial score (nSPS) is 23.0. The number of fused-ring (bicyclic) bond motifs is 1. The molecule has 2 atom stereocenters. The Morgan fingerprint density at radius 2 is 2.11 bits per heavy atom. The van der Waals surface area contributed by atoms with Gasteiger partial charge in [0.25, 0.3) is 0 Å². The van der Waals surface area contributed by atoms with E-state index < -0.39 is 5.97 Å². The van der Waals surface area contributed by atoms with Crippen LogP contribution in [-0.2, 0) is 4.79 Å². The molecule has 3 rings (SSSR count). The van der Waals surface area contributed by atoms with Crippen molar-refractivity contribution in [3.63, 3.8) is 0 Å². The van der Waals surface area contributed by atoms with Crippen molar-refractivity contribution >= 4 is 40.1 Å². The van der Waals surface area contributed by atoms with Crippen LogP contribution in [0.2, 0.25) is 10.0 Å². The summed E-state index contributed by atoms with van der Waals surface area (Å²) in [7, 11) is 0. The second-order valence-corrected chi connectivity index (χ2v) is 5.48. The maximum atomic E-state index is 11.1. The van der Waals surface area contributed by atoms with E-state index in [-0.39, 0.29) is 12.0 Å². The van der Waals surface area contributed by atoms with Gasteiger partial charge in [-0.1, -0.05) is 23.2 Å². The Hall–Kier alpha value is -1.19. The summed E-state index contributed by atoms with van der Waals surface area (Å²) in [4.78, 5) is 11.1. The molecule has 1 aromatic heterocycles. The molecule has 0 saturated heterocycles. The molecular formula is C13H11Cl2NO2. The van der Waals surface area contributed by atoms with E-state index in [0.29, 0.717) is 10.0 Å². The monoisotopic (exact) mass is 283 g/mol. The molecule has 1 aliphatic rings. The van der Waals surface area contributed by atoms with Crippen molar-refractivity contribution in [2.24, 2.45) is 5.92 Å². The lowest BCUT2D eigenvalue weighted by molar-refractivity contribution is -0.147. The molecule has 0 spiro atoms. The average molecular weight is 284 g/mol. The van der Waals surface area contributed by atoms with E-state index in [9.17, 15) is 4.79 Å². The first-order chi connectivity index (χ1) is 8.58. The molecule has 1 saturated carbocycles. The molecule has 3 nitrogen and oxygen atoms in total. The Labute approximate surface area is 114 Å². The Morgan fingerprint density at radius 1 is 1.33 bits per heavy atom. The SMILES string of the molecule is O=C(O)C1CCC1n1ccc2c(Cl)cc(Cl)cc21. The molecule has 0 amide bonds. The predicted octanol–water partition coefficient (Wildman–Crippen LogP) is 3.98. The topological polar surface area (TPSA) is 42.2 Å². The van der Waals surface area contributed by atoms with Gasteiger partial charge in [-0.3, -0.25) is 4.79 Å². The Morgan fingerprint density at radius 3 is 2.72 bits per heavy atom. The maximum absolute atomic E-state index is 11.1. The summed E-state index contributed by atoms with van der Waals surface area (Å²) in [6, 6.07) is 5.45. The standard InChI is InChI=1S/C13H11Cl2NO2/c14-7-5-10(15)8-3-4-16(12(8)6-7)11-2-1-9(11)13(17)18/h3-6,9,11H,1-2H2,(H,17,18). The van der Waals surface area contributed by atoms with Crippen LogP contribution in [-0.4, -0.2) is 15.6 Å². The first-order valence-corrected chi connectivity index (χ1v) is 6.52. The van der Waals surface area contributed by atoms with Crippen LogP contribution in [0.1, 0.15) is 18.9 Å². The fourth-order valence-corrected chi connectivity index (χ4v) is 3.12. The number of hydrogen-bond acceptors (Lipinski definition) is 1. The Kier molecular flexibility index (Phi) is 2.76. The summed E-state index contributed by atoms with van der Waals surface area (Å²) in [6.07, 6.45) is 3.51. The van der Waals surface area contributed by atoms with Crippen LogP contribution >= 0.6 is 23.2 Å². The second kappa shape index (κ2) is 4.18. The summed E-state index contributed by atoms with van der Waals surface area (Å²) < 4.78 is 1.98. The zero-order valence-corrected chi connectivity index (χ0v) is 10.9. The lowest BCUT2D eigenvalue weighted by Gasteiger charge is -2.35. The van der Waals surface area contributed by atoms with Crippen LogP contribution in [0.25, 0.3) is 10.9 Å². The van der Waals surface area contributed by atoms with Gasteiger partial charge in [0.2, 0.25) is 0 Å². The summed E-state index contributed by atoms with van der Waals surface area (Å²) in [5.74, 6) is -1.04. The number of benzene rings is 1. The summed E-state index contributed by atoms with van der Waals surface area (Å²) in [5, 5.41) is 11.2. The number of hydrogen-bond donors (Lipinski definition) is 1. The number of nitrogens with zero attached hydrogens (tertiary/aromatic N) is 1. The molecular weight excluding hydrogens is 273 g/mol. The van der Waals surface area contributed by atoms with Crippen molar-refractivity contribution in [1.82, 2.24) is 4.57 Å². The molecule has 1 N–H and O–H groups in total. The summed E-state index contributed by atoms with van der Waals surface area (Å²) in [5.41, 5.74) is 0.906. The molecule has 2 unspecified atom stereocenters. The van der Waals surface area contributed by atoms with Gasteiger partial charge in [-0.15, -0.1) is 0 Å². The van der Waals surface area contributed by atoms with Gasteiger partial charge >= 0.3 is 5.97 Å². The van der Waals surface area contributed by atoms with E-state index in [2.05, 4.69) is 0 Å². The quantitative estimate of drug-likeness (QED) is 0.906. The number of halogens is 2. The smallest absolute Gasteiger partial charge is 0.308 e. The van der Waals surface area contributed by atoms with Crippen molar-refractivity contribution in [1.29, 1.82) is 0 Å². The van der Waals surface area contributed by atoms with Gasteiger partial charge in [0.1, 0.15) is 0 Å². The number of rotatable bonds is 2. The van der Waals surface area contributed by atoms with E-state index in [1.54, 1.807) is 6.07 Å². The number of carbonyl (C=O) groups is 1. The molecule has 0 aliphatic heterocycles. The molecule has 94 valence electrons. The molecule has 1 heterocycles. The molecule has 0 radical (unpaired) electrons. The highest BCUT2D eigenvalue weighted by molar-refractivity contribution is 6.38. The van der Waals surface area contributed by atoms with E-state index in [1.165, 1.54) is 0 Å². The van der Waals surface area contributed by atoms with Gasteiger partial charge in [-0.05, 0) is 31.0 Å². The Balaban J connectivity index is 2.10. The molecule has 1 aromatic carbocycles. The third kappa shape index (κ3) is 1.70. The zero-order valence-electron chi connectivity index (χ0n) is 9.44. The van der Waals surface area contributed by atoms with Crippen molar-refractivity contribution in [3.05, 3.63) is 34.4 Å². The van der Waals surface area contributed by atoms with Crippen LogP contribution in [0.15, 0.2) is 24.4 Å². The van der Waals surface area contributed by atoms with E-state index in [0.717, 1.165) is 23.7 Å². The molecule has 5 heteroatoms. The molecule has 1 fully saturated rings. The van der Waals surface area contributed by atoms with Crippen LogP contribution in [0, 0.1) is 5.92 Å². The fraction of sp³-hybridized carbons (Fsp3) is 0.308. The van der Waals surface area contributed by atoms with E-state index in [1.807, 2.05) is 22.9 Å². The number of carboxylic acid groups (broad SMARTS) is 1. The molecule has 18 heavy (non-hydrogen) atoms. The molecule has 2 aromatic rings. The minimum atomic E-state index is -0.735. The number of aliphatic carboxylic acids is 1. The van der Waals surface area contributed by atoms with Gasteiger partial charge < -0.3 is 9.67 Å². The molecule has 1 aliphatic carbocycles. The van der Waals surface area contributed by atoms with Crippen molar-refractivity contribution in [2.45, 2.75) is 18.9 Å². The highest BCUT2D eigenvalue weighted by Gasteiger charge is 2.38. The van der Waals surface area contributed by atoms with Gasteiger partial charge in [-0.2, -0.15) is 0 Å².